The van der Waals surface area contributed by atoms with E-state index in [2.05, 4.69) is 0 Å². The number of carbonyl (C=O) groups is 2. The third kappa shape index (κ3) is 4.12. The smallest absolute Gasteiger partial charge is 0.254 e. The number of nitrogens with zero attached hydrogens (tertiary/aromatic N) is 3. The number of carbonyl (C=O) groups excluding carboxylic acids is 2. The minimum Gasteiger partial charge on any atom is -0.342 e. The fourth-order valence-corrected chi connectivity index (χ4v) is 4.98. The lowest BCUT2D eigenvalue weighted by atomic mass is 9.93. The topological polar surface area (TPSA) is 53.5 Å². The second kappa shape index (κ2) is 9.11. The highest BCUT2D eigenvalue weighted by Gasteiger charge is 2.31. The summed E-state index contributed by atoms with van der Waals surface area (Å²) in [6.07, 6.45) is 4.94. The fraction of sp³-hybridized carbons (Fsp3) is 0.370. The van der Waals surface area contributed by atoms with Crippen LogP contribution in [0.4, 0.5) is 0 Å². The normalized spacial score (nSPS) is 17.5. The molecule has 2 amide bonds. The van der Waals surface area contributed by atoms with Gasteiger partial charge < -0.3 is 9.80 Å². The molecule has 2 aliphatic rings. The first kappa shape index (κ1) is 20.7. The summed E-state index contributed by atoms with van der Waals surface area (Å²) in [5, 5.41) is 0.878. The molecule has 0 aliphatic carbocycles. The number of hydrogen-bond donors (Lipinski definition) is 0. The average Bonchev–Trinajstić information content (AvgIpc) is 2.88. The summed E-state index contributed by atoms with van der Waals surface area (Å²) in [7, 11) is 0. The standard InChI is InChI=1S/C27H29N3O2/c31-26(29-15-7-2-8-16-29)21-13-17-30(18-14-21)27(32)23-19-25(20-9-3-1-4-10-20)28-24-12-6-5-11-22(23)24/h1,3-6,9-12,19,21H,2,7-8,13-18H2. The molecular weight excluding hydrogens is 398 g/mol. The van der Waals surface area contributed by atoms with E-state index in [1.807, 2.05) is 70.5 Å². The van der Waals surface area contributed by atoms with Crippen molar-refractivity contribution in [2.75, 3.05) is 26.2 Å². The van der Waals surface area contributed by atoms with Gasteiger partial charge in [0.1, 0.15) is 0 Å². The Balaban J connectivity index is 1.36. The van der Waals surface area contributed by atoms with Crippen LogP contribution in [0.5, 0.6) is 0 Å². The van der Waals surface area contributed by atoms with E-state index in [1.165, 1.54) is 6.42 Å². The number of fused-ring (bicyclic) bond motifs is 1. The van der Waals surface area contributed by atoms with Gasteiger partial charge in [-0.25, -0.2) is 4.98 Å². The number of rotatable bonds is 3. The summed E-state index contributed by atoms with van der Waals surface area (Å²) < 4.78 is 0. The molecule has 3 heterocycles. The molecule has 2 saturated heterocycles. The Morgan fingerprint density at radius 3 is 2.22 bits per heavy atom. The monoisotopic (exact) mass is 427 g/mol. The molecule has 0 bridgehead atoms. The number of aromatic nitrogens is 1. The molecule has 5 heteroatoms. The molecule has 2 fully saturated rings. The highest BCUT2D eigenvalue weighted by molar-refractivity contribution is 6.07. The first-order chi connectivity index (χ1) is 15.7. The first-order valence-corrected chi connectivity index (χ1v) is 11.7. The van der Waals surface area contributed by atoms with Gasteiger partial charge in [-0.05, 0) is 44.2 Å². The van der Waals surface area contributed by atoms with Crippen LogP contribution in [0.3, 0.4) is 0 Å². The van der Waals surface area contributed by atoms with Gasteiger partial charge >= 0.3 is 0 Å². The second-order valence-electron chi connectivity index (χ2n) is 8.89. The molecule has 3 aromatic rings. The molecule has 0 N–H and O–H groups in total. The Hall–Kier alpha value is -3.21. The van der Waals surface area contributed by atoms with Crippen molar-refractivity contribution in [1.29, 1.82) is 0 Å². The van der Waals surface area contributed by atoms with Crippen LogP contribution in [0.2, 0.25) is 0 Å². The molecule has 2 aliphatic heterocycles. The summed E-state index contributed by atoms with van der Waals surface area (Å²) in [5.74, 6) is 0.369. The van der Waals surface area contributed by atoms with E-state index in [0.717, 1.165) is 60.9 Å². The molecule has 0 atom stereocenters. The van der Waals surface area contributed by atoms with Gasteiger partial charge in [0.25, 0.3) is 5.91 Å². The van der Waals surface area contributed by atoms with Crippen molar-refractivity contribution in [1.82, 2.24) is 14.8 Å². The number of likely N-dealkylation sites (tertiary alicyclic amines) is 2. The number of para-hydroxylation sites is 1. The van der Waals surface area contributed by atoms with E-state index in [9.17, 15) is 9.59 Å². The Bertz CT molecular complexity index is 1110. The zero-order valence-electron chi connectivity index (χ0n) is 18.4. The summed E-state index contributed by atoms with van der Waals surface area (Å²) in [6, 6.07) is 19.7. The van der Waals surface area contributed by atoms with Crippen LogP contribution in [0.15, 0.2) is 60.7 Å². The molecule has 0 unspecified atom stereocenters. The minimum absolute atomic E-state index is 0.0321. The minimum atomic E-state index is 0.0321. The summed E-state index contributed by atoms with van der Waals surface area (Å²) in [4.78, 5) is 35.2. The maximum Gasteiger partial charge on any atom is 0.254 e. The predicted octanol–water partition coefficient (Wildman–Crippen LogP) is 4.77. The maximum atomic E-state index is 13.6. The van der Waals surface area contributed by atoms with E-state index in [4.69, 9.17) is 4.98 Å². The SMILES string of the molecule is O=C(c1cc(-c2ccccc2)nc2ccccc12)N1CCC(C(=O)N2CCCCC2)CC1. The summed E-state index contributed by atoms with van der Waals surface area (Å²) >= 11 is 0. The zero-order valence-corrected chi connectivity index (χ0v) is 18.4. The Morgan fingerprint density at radius 1 is 0.781 bits per heavy atom. The molecule has 1 aromatic heterocycles. The number of piperidine rings is 2. The van der Waals surface area contributed by atoms with Crippen molar-refractivity contribution in [2.45, 2.75) is 32.1 Å². The molecule has 5 rings (SSSR count). The summed E-state index contributed by atoms with van der Waals surface area (Å²) in [5.41, 5.74) is 3.32. The lowest BCUT2D eigenvalue weighted by Crippen LogP contribution is -2.45. The van der Waals surface area contributed by atoms with Crippen LogP contribution >= 0.6 is 0 Å². The van der Waals surface area contributed by atoms with Gasteiger partial charge in [0, 0.05) is 43.0 Å². The van der Waals surface area contributed by atoms with Crippen molar-refractivity contribution in [3.8, 4) is 11.3 Å². The van der Waals surface area contributed by atoms with Crippen LogP contribution in [-0.2, 0) is 4.79 Å². The zero-order chi connectivity index (χ0) is 21.9. The average molecular weight is 428 g/mol. The largest absolute Gasteiger partial charge is 0.342 e. The lowest BCUT2D eigenvalue weighted by molar-refractivity contribution is -0.137. The van der Waals surface area contributed by atoms with Gasteiger partial charge in [-0.1, -0.05) is 48.5 Å². The molecule has 0 radical (unpaired) electrons. The Kier molecular flexibility index (Phi) is 5.89. The van der Waals surface area contributed by atoms with E-state index < -0.39 is 0 Å². The van der Waals surface area contributed by atoms with E-state index in [-0.39, 0.29) is 17.7 Å². The van der Waals surface area contributed by atoms with Crippen molar-refractivity contribution >= 4 is 22.7 Å². The van der Waals surface area contributed by atoms with Crippen LogP contribution in [-0.4, -0.2) is 52.8 Å². The van der Waals surface area contributed by atoms with Crippen LogP contribution < -0.4 is 0 Å². The van der Waals surface area contributed by atoms with Crippen molar-refractivity contribution in [2.24, 2.45) is 5.92 Å². The second-order valence-corrected chi connectivity index (χ2v) is 8.89. The first-order valence-electron chi connectivity index (χ1n) is 11.7. The molecule has 0 spiro atoms. The van der Waals surface area contributed by atoms with Crippen LogP contribution in [0.25, 0.3) is 22.2 Å². The molecule has 2 aromatic carbocycles. The molecule has 0 saturated carbocycles. The van der Waals surface area contributed by atoms with Crippen LogP contribution in [0, 0.1) is 5.92 Å². The molecule has 32 heavy (non-hydrogen) atoms. The molecule has 164 valence electrons. The number of hydrogen-bond acceptors (Lipinski definition) is 3. The van der Waals surface area contributed by atoms with Gasteiger partial charge in [0.05, 0.1) is 16.8 Å². The molecular formula is C27H29N3O2. The van der Waals surface area contributed by atoms with Gasteiger partial charge in [0.2, 0.25) is 5.91 Å². The number of pyridine rings is 1. The van der Waals surface area contributed by atoms with E-state index >= 15 is 0 Å². The predicted molar refractivity (Wildman–Crippen MR) is 126 cm³/mol. The third-order valence-electron chi connectivity index (χ3n) is 6.82. The quantitative estimate of drug-likeness (QED) is 0.605. The maximum absolute atomic E-state index is 13.6. The Labute approximate surface area is 189 Å². The van der Waals surface area contributed by atoms with Gasteiger partial charge in [-0.15, -0.1) is 0 Å². The summed E-state index contributed by atoms with van der Waals surface area (Å²) in [6.45, 7) is 3.04. The fourth-order valence-electron chi connectivity index (χ4n) is 4.98. The lowest BCUT2D eigenvalue weighted by Gasteiger charge is -2.35. The van der Waals surface area contributed by atoms with Crippen molar-refractivity contribution in [3.63, 3.8) is 0 Å². The van der Waals surface area contributed by atoms with Crippen molar-refractivity contribution < 1.29 is 9.59 Å². The Morgan fingerprint density at radius 2 is 1.47 bits per heavy atom. The van der Waals surface area contributed by atoms with E-state index in [1.54, 1.807) is 0 Å². The van der Waals surface area contributed by atoms with E-state index in [0.29, 0.717) is 18.7 Å². The van der Waals surface area contributed by atoms with Crippen molar-refractivity contribution in [3.05, 3.63) is 66.2 Å². The van der Waals surface area contributed by atoms with Crippen LogP contribution in [0.1, 0.15) is 42.5 Å². The number of amides is 2. The van der Waals surface area contributed by atoms with Gasteiger partial charge in [0.15, 0.2) is 0 Å². The number of benzene rings is 2. The highest BCUT2D eigenvalue weighted by Crippen LogP contribution is 2.28. The van der Waals surface area contributed by atoms with Gasteiger partial charge in [-0.2, -0.15) is 0 Å². The molecule has 5 nitrogen and oxygen atoms in total. The third-order valence-corrected chi connectivity index (χ3v) is 6.82. The highest BCUT2D eigenvalue weighted by atomic mass is 16.2. The van der Waals surface area contributed by atoms with Gasteiger partial charge in [-0.3, -0.25) is 9.59 Å².